The number of carbonyl (C=O) groups excluding carboxylic acids is 2. The molecule has 27 heavy (non-hydrogen) atoms. The number of amides is 3. The van der Waals surface area contributed by atoms with E-state index in [-0.39, 0.29) is 18.2 Å². The van der Waals surface area contributed by atoms with Crippen LogP contribution < -0.4 is 15.0 Å². The van der Waals surface area contributed by atoms with E-state index in [0.717, 1.165) is 16.9 Å². The summed E-state index contributed by atoms with van der Waals surface area (Å²) in [6, 6.07) is 14.6. The number of nitrogens with one attached hydrogen (secondary N) is 1. The molecule has 0 radical (unpaired) electrons. The lowest BCUT2D eigenvalue weighted by Crippen LogP contribution is -2.43. The van der Waals surface area contributed by atoms with Gasteiger partial charge < -0.3 is 19.7 Å². The monoisotopic (exact) mass is 367 g/mol. The van der Waals surface area contributed by atoms with Crippen LogP contribution in [0.15, 0.2) is 48.5 Å². The SMILES string of the molecule is COc1ccc2c(c1)CN(C(=O)Nc1ccccc1)CCC1COC(=O)N21. The summed E-state index contributed by atoms with van der Waals surface area (Å²) in [5.74, 6) is 0.682. The number of para-hydroxylation sites is 1. The van der Waals surface area contributed by atoms with E-state index in [9.17, 15) is 9.59 Å². The minimum atomic E-state index is -0.339. The molecular formula is C20H21N3O4. The molecule has 7 nitrogen and oxygen atoms in total. The van der Waals surface area contributed by atoms with Gasteiger partial charge in [-0.2, -0.15) is 0 Å². The molecule has 2 heterocycles. The summed E-state index contributed by atoms with van der Waals surface area (Å²) in [6.07, 6.45) is 0.313. The molecule has 2 aliphatic heterocycles. The largest absolute Gasteiger partial charge is 0.497 e. The fraction of sp³-hybridized carbons (Fsp3) is 0.300. The number of benzene rings is 2. The Balaban J connectivity index is 1.64. The molecular weight excluding hydrogens is 346 g/mol. The molecule has 2 aliphatic rings. The number of methoxy groups -OCH3 is 1. The molecule has 1 unspecified atom stereocenters. The van der Waals surface area contributed by atoms with E-state index >= 15 is 0 Å². The average molecular weight is 367 g/mol. The van der Waals surface area contributed by atoms with Gasteiger partial charge in [0.1, 0.15) is 12.4 Å². The quantitative estimate of drug-likeness (QED) is 0.882. The van der Waals surface area contributed by atoms with Gasteiger partial charge >= 0.3 is 12.1 Å². The Kier molecular flexibility index (Phi) is 4.58. The van der Waals surface area contributed by atoms with E-state index in [0.29, 0.717) is 31.9 Å². The Morgan fingerprint density at radius 1 is 1.22 bits per heavy atom. The third-order valence-electron chi connectivity index (χ3n) is 4.91. The highest BCUT2D eigenvalue weighted by Crippen LogP contribution is 2.34. The summed E-state index contributed by atoms with van der Waals surface area (Å²) in [6.45, 7) is 1.23. The predicted molar refractivity (Wildman–Crippen MR) is 101 cm³/mol. The molecule has 0 saturated carbocycles. The number of hydrogen-bond donors (Lipinski definition) is 1. The molecule has 1 fully saturated rings. The standard InChI is InChI=1S/C20H21N3O4/c1-26-17-7-8-18-14(11-17)12-22(10-9-16-13-27-20(25)23(16)18)19(24)21-15-5-3-2-4-6-15/h2-8,11,16H,9-10,12-13H2,1H3,(H,21,24). The van der Waals surface area contributed by atoms with Crippen molar-refractivity contribution in [3.05, 3.63) is 54.1 Å². The molecule has 1 saturated heterocycles. The fourth-order valence-electron chi connectivity index (χ4n) is 3.51. The second-order valence-corrected chi connectivity index (χ2v) is 6.60. The molecule has 3 amide bonds. The van der Waals surface area contributed by atoms with Gasteiger partial charge in [-0.3, -0.25) is 4.90 Å². The van der Waals surface area contributed by atoms with Crippen molar-refractivity contribution in [1.29, 1.82) is 0 Å². The molecule has 0 spiro atoms. The Morgan fingerprint density at radius 3 is 2.81 bits per heavy atom. The van der Waals surface area contributed by atoms with Crippen LogP contribution in [-0.2, 0) is 11.3 Å². The van der Waals surface area contributed by atoms with E-state index < -0.39 is 0 Å². The first-order chi connectivity index (χ1) is 13.2. The number of fused-ring (bicyclic) bond motifs is 3. The van der Waals surface area contributed by atoms with Crippen molar-refractivity contribution in [3.8, 4) is 5.75 Å². The van der Waals surface area contributed by atoms with Crippen LogP contribution in [0, 0.1) is 0 Å². The number of ether oxygens (including phenoxy) is 2. The average Bonchev–Trinajstić information content (AvgIpc) is 3.03. The van der Waals surface area contributed by atoms with Crippen molar-refractivity contribution in [2.45, 2.75) is 19.0 Å². The van der Waals surface area contributed by atoms with Crippen LogP contribution in [0.25, 0.3) is 0 Å². The smallest absolute Gasteiger partial charge is 0.414 e. The first-order valence-corrected chi connectivity index (χ1v) is 8.89. The second kappa shape index (κ2) is 7.19. The van der Waals surface area contributed by atoms with Crippen LogP contribution >= 0.6 is 0 Å². The third-order valence-corrected chi connectivity index (χ3v) is 4.91. The highest BCUT2D eigenvalue weighted by Gasteiger charge is 2.37. The summed E-state index contributed by atoms with van der Waals surface area (Å²) in [5, 5.41) is 2.93. The number of carbonyl (C=O) groups is 2. The van der Waals surface area contributed by atoms with Crippen LogP contribution in [0.5, 0.6) is 5.75 Å². The van der Waals surface area contributed by atoms with Crippen molar-refractivity contribution in [2.75, 3.05) is 30.5 Å². The normalized spacial score (nSPS) is 18.7. The minimum Gasteiger partial charge on any atom is -0.497 e. The summed E-state index contributed by atoms with van der Waals surface area (Å²) < 4.78 is 10.6. The van der Waals surface area contributed by atoms with Crippen molar-refractivity contribution in [2.24, 2.45) is 0 Å². The van der Waals surface area contributed by atoms with E-state index in [2.05, 4.69) is 5.32 Å². The zero-order valence-corrected chi connectivity index (χ0v) is 15.1. The molecule has 4 rings (SSSR count). The zero-order valence-electron chi connectivity index (χ0n) is 15.1. The van der Waals surface area contributed by atoms with Crippen molar-refractivity contribution >= 4 is 23.5 Å². The molecule has 0 aliphatic carbocycles. The van der Waals surface area contributed by atoms with E-state index in [1.54, 1.807) is 16.9 Å². The lowest BCUT2D eigenvalue weighted by molar-refractivity contribution is 0.177. The molecule has 2 aromatic carbocycles. The van der Waals surface area contributed by atoms with Gasteiger partial charge in [0.15, 0.2) is 0 Å². The first-order valence-electron chi connectivity index (χ1n) is 8.89. The van der Waals surface area contributed by atoms with E-state index in [4.69, 9.17) is 9.47 Å². The predicted octanol–water partition coefficient (Wildman–Crippen LogP) is 3.46. The van der Waals surface area contributed by atoms with Crippen LogP contribution in [0.2, 0.25) is 0 Å². The third kappa shape index (κ3) is 3.40. The number of rotatable bonds is 2. The molecule has 0 aromatic heterocycles. The summed E-state index contributed by atoms with van der Waals surface area (Å²) in [5.41, 5.74) is 2.36. The van der Waals surface area contributed by atoms with Crippen molar-refractivity contribution < 1.29 is 19.1 Å². The minimum absolute atomic E-state index is 0.0861. The van der Waals surface area contributed by atoms with Gasteiger partial charge in [0.25, 0.3) is 0 Å². The number of urea groups is 1. The number of hydrogen-bond acceptors (Lipinski definition) is 4. The van der Waals surface area contributed by atoms with E-state index in [1.165, 1.54) is 0 Å². The maximum Gasteiger partial charge on any atom is 0.414 e. The van der Waals surface area contributed by atoms with Gasteiger partial charge in [0.2, 0.25) is 0 Å². The topological polar surface area (TPSA) is 71.1 Å². The van der Waals surface area contributed by atoms with Crippen LogP contribution in [0.4, 0.5) is 21.0 Å². The lowest BCUT2D eigenvalue weighted by Gasteiger charge is -2.32. The Hall–Kier alpha value is -3.22. The summed E-state index contributed by atoms with van der Waals surface area (Å²) in [4.78, 5) is 28.5. The fourth-order valence-corrected chi connectivity index (χ4v) is 3.51. The highest BCUT2D eigenvalue weighted by atomic mass is 16.6. The van der Waals surface area contributed by atoms with Gasteiger partial charge in [-0.1, -0.05) is 18.2 Å². The van der Waals surface area contributed by atoms with Crippen LogP contribution in [0.3, 0.4) is 0 Å². The molecule has 1 N–H and O–H groups in total. The Morgan fingerprint density at radius 2 is 2.04 bits per heavy atom. The molecule has 0 bridgehead atoms. The highest BCUT2D eigenvalue weighted by molar-refractivity contribution is 5.92. The molecule has 1 atom stereocenters. The maximum atomic E-state index is 12.8. The van der Waals surface area contributed by atoms with Gasteiger partial charge in [0.05, 0.1) is 18.8 Å². The summed E-state index contributed by atoms with van der Waals surface area (Å²) in [7, 11) is 1.59. The van der Waals surface area contributed by atoms with Crippen LogP contribution in [-0.4, -0.2) is 43.3 Å². The van der Waals surface area contributed by atoms with Crippen LogP contribution in [0.1, 0.15) is 12.0 Å². The molecule has 7 heteroatoms. The number of cyclic esters (lactones) is 1. The van der Waals surface area contributed by atoms with Gasteiger partial charge in [-0.15, -0.1) is 0 Å². The molecule has 2 aromatic rings. The Bertz CT molecular complexity index is 856. The van der Waals surface area contributed by atoms with E-state index in [1.807, 2.05) is 48.5 Å². The number of anilines is 2. The van der Waals surface area contributed by atoms with Gasteiger partial charge in [-0.25, -0.2) is 9.59 Å². The zero-order chi connectivity index (χ0) is 18.8. The molecule has 140 valence electrons. The van der Waals surface area contributed by atoms with Gasteiger partial charge in [-0.05, 0) is 42.3 Å². The lowest BCUT2D eigenvalue weighted by atomic mass is 10.1. The Labute approximate surface area is 157 Å². The van der Waals surface area contributed by atoms with Gasteiger partial charge in [0, 0.05) is 18.8 Å². The van der Waals surface area contributed by atoms with Crippen molar-refractivity contribution in [3.63, 3.8) is 0 Å². The first kappa shape index (κ1) is 17.2. The summed E-state index contributed by atoms with van der Waals surface area (Å²) >= 11 is 0. The maximum absolute atomic E-state index is 12.8. The number of nitrogens with zero attached hydrogens (tertiary/aromatic N) is 2. The van der Waals surface area contributed by atoms with Crippen molar-refractivity contribution in [1.82, 2.24) is 4.90 Å². The second-order valence-electron chi connectivity index (χ2n) is 6.60.